The number of anilines is 1. The van der Waals surface area contributed by atoms with Gasteiger partial charge in [0.15, 0.2) is 0 Å². The molecule has 31 heavy (non-hydrogen) atoms. The average Bonchev–Trinajstić information content (AvgIpc) is 2.82. The molecule has 1 aromatic heterocycles. The summed E-state index contributed by atoms with van der Waals surface area (Å²) < 4.78 is 0. The van der Waals surface area contributed by atoms with E-state index in [2.05, 4.69) is 26.6 Å². The first-order valence-electron chi connectivity index (χ1n) is 10.2. The maximum atomic E-state index is 12.5. The Morgan fingerprint density at radius 3 is 2.58 bits per heavy atom. The lowest BCUT2D eigenvalue weighted by Gasteiger charge is -2.28. The van der Waals surface area contributed by atoms with Crippen LogP contribution in [0.2, 0.25) is 0 Å². The van der Waals surface area contributed by atoms with E-state index in [1.165, 1.54) is 5.56 Å². The Hall–Kier alpha value is -3.32. The van der Waals surface area contributed by atoms with Crippen molar-refractivity contribution in [3.63, 3.8) is 0 Å². The highest BCUT2D eigenvalue weighted by Crippen LogP contribution is 2.23. The van der Waals surface area contributed by atoms with Crippen LogP contribution in [-0.4, -0.2) is 36.4 Å². The standard InChI is InChI=1S/C24H24N4O2S/c29-23-16-28(13-12-26-23)21-7-3-18(4-8-21)15-27-24(30)20-5-9-22(10-6-20)31-17-19-2-1-11-25-14-19/h1-11,14H,12-13,15-17H2,(H,26,29)(H,27,30). The Kier molecular flexibility index (Phi) is 6.84. The molecule has 2 aromatic carbocycles. The number of rotatable bonds is 7. The summed E-state index contributed by atoms with van der Waals surface area (Å²) in [6.07, 6.45) is 3.63. The maximum absolute atomic E-state index is 12.5. The molecule has 2 heterocycles. The molecule has 0 aliphatic carbocycles. The molecule has 6 nitrogen and oxygen atoms in total. The number of benzene rings is 2. The molecule has 0 bridgehead atoms. The number of amides is 2. The van der Waals surface area contributed by atoms with E-state index in [0.717, 1.165) is 28.4 Å². The number of nitrogens with one attached hydrogen (secondary N) is 2. The molecule has 1 aliphatic heterocycles. The molecule has 1 fully saturated rings. The summed E-state index contributed by atoms with van der Waals surface area (Å²) in [5.74, 6) is 0.793. The number of pyridine rings is 1. The molecule has 2 N–H and O–H groups in total. The average molecular weight is 433 g/mol. The largest absolute Gasteiger partial charge is 0.360 e. The number of nitrogens with zero attached hydrogens (tertiary/aromatic N) is 2. The number of hydrogen-bond acceptors (Lipinski definition) is 5. The van der Waals surface area contributed by atoms with Crippen molar-refractivity contribution in [3.8, 4) is 0 Å². The third kappa shape index (κ3) is 5.86. The molecule has 1 aliphatic rings. The van der Waals surface area contributed by atoms with E-state index in [9.17, 15) is 9.59 Å². The van der Waals surface area contributed by atoms with E-state index >= 15 is 0 Å². The fourth-order valence-electron chi connectivity index (χ4n) is 3.32. The van der Waals surface area contributed by atoms with Crippen LogP contribution in [0.4, 0.5) is 5.69 Å². The molecule has 2 amide bonds. The SMILES string of the molecule is O=C1CN(c2ccc(CNC(=O)c3ccc(SCc4cccnc4)cc3)cc2)CCN1. The molecule has 0 spiro atoms. The number of carbonyl (C=O) groups excluding carboxylic acids is 2. The molecule has 158 valence electrons. The van der Waals surface area contributed by atoms with E-state index in [1.54, 1.807) is 18.0 Å². The van der Waals surface area contributed by atoms with Gasteiger partial charge in [0.05, 0.1) is 6.54 Å². The van der Waals surface area contributed by atoms with Gasteiger partial charge in [0.25, 0.3) is 5.91 Å². The Balaban J connectivity index is 1.27. The number of aromatic nitrogens is 1. The van der Waals surface area contributed by atoms with E-state index < -0.39 is 0 Å². The lowest BCUT2D eigenvalue weighted by molar-refractivity contribution is -0.120. The molecular weight excluding hydrogens is 408 g/mol. The van der Waals surface area contributed by atoms with Crippen molar-refractivity contribution in [2.75, 3.05) is 24.5 Å². The van der Waals surface area contributed by atoms with Crippen LogP contribution >= 0.6 is 11.8 Å². The van der Waals surface area contributed by atoms with Gasteiger partial charge in [0, 0.05) is 53.9 Å². The van der Waals surface area contributed by atoms with Gasteiger partial charge >= 0.3 is 0 Å². The molecule has 7 heteroatoms. The van der Waals surface area contributed by atoms with Gasteiger partial charge in [-0.1, -0.05) is 18.2 Å². The summed E-state index contributed by atoms with van der Waals surface area (Å²) in [4.78, 5) is 31.3. The van der Waals surface area contributed by atoms with Crippen molar-refractivity contribution in [2.24, 2.45) is 0 Å². The van der Waals surface area contributed by atoms with Gasteiger partial charge in [0.2, 0.25) is 5.91 Å². The molecule has 0 saturated carbocycles. The normalized spacial score (nSPS) is 13.5. The number of carbonyl (C=O) groups is 2. The molecule has 0 unspecified atom stereocenters. The van der Waals surface area contributed by atoms with Crippen LogP contribution in [0, 0.1) is 0 Å². The second-order valence-corrected chi connectivity index (χ2v) is 8.34. The Bertz CT molecular complexity index is 1020. The Labute approximate surface area is 186 Å². The third-order valence-electron chi connectivity index (χ3n) is 5.04. The highest BCUT2D eigenvalue weighted by molar-refractivity contribution is 7.98. The van der Waals surface area contributed by atoms with E-state index in [4.69, 9.17) is 0 Å². The van der Waals surface area contributed by atoms with E-state index in [-0.39, 0.29) is 11.8 Å². The van der Waals surface area contributed by atoms with Gasteiger partial charge in [-0.25, -0.2) is 0 Å². The summed E-state index contributed by atoms with van der Waals surface area (Å²) in [7, 11) is 0. The van der Waals surface area contributed by atoms with Crippen molar-refractivity contribution in [3.05, 3.63) is 89.7 Å². The summed E-state index contributed by atoms with van der Waals surface area (Å²) in [5.41, 5.74) is 3.84. The van der Waals surface area contributed by atoms with Crippen LogP contribution < -0.4 is 15.5 Å². The maximum Gasteiger partial charge on any atom is 0.251 e. The second kappa shape index (κ2) is 10.1. The molecule has 0 radical (unpaired) electrons. The van der Waals surface area contributed by atoms with Crippen molar-refractivity contribution >= 4 is 29.3 Å². The molecule has 1 saturated heterocycles. The quantitative estimate of drug-likeness (QED) is 0.561. The van der Waals surface area contributed by atoms with Crippen LogP contribution in [0.1, 0.15) is 21.5 Å². The number of piperazine rings is 1. The summed E-state index contributed by atoms with van der Waals surface area (Å²) in [5, 5.41) is 5.79. The fourth-order valence-corrected chi connectivity index (χ4v) is 4.15. The number of hydrogen-bond donors (Lipinski definition) is 2. The first kappa shape index (κ1) is 20.9. The minimum Gasteiger partial charge on any atom is -0.360 e. The smallest absolute Gasteiger partial charge is 0.251 e. The van der Waals surface area contributed by atoms with Gasteiger partial charge in [-0.05, 0) is 53.6 Å². The first-order valence-corrected chi connectivity index (χ1v) is 11.2. The lowest BCUT2D eigenvalue weighted by atomic mass is 10.1. The zero-order chi connectivity index (χ0) is 21.5. The van der Waals surface area contributed by atoms with Gasteiger partial charge < -0.3 is 15.5 Å². The van der Waals surface area contributed by atoms with Crippen molar-refractivity contribution in [2.45, 2.75) is 17.2 Å². The molecular formula is C24H24N4O2S. The van der Waals surface area contributed by atoms with Gasteiger partial charge in [-0.15, -0.1) is 11.8 Å². The summed E-state index contributed by atoms with van der Waals surface area (Å²) >= 11 is 1.72. The van der Waals surface area contributed by atoms with Crippen LogP contribution in [0.5, 0.6) is 0 Å². The van der Waals surface area contributed by atoms with Crippen LogP contribution in [0.15, 0.2) is 78.0 Å². The monoisotopic (exact) mass is 432 g/mol. The van der Waals surface area contributed by atoms with Crippen LogP contribution in [0.25, 0.3) is 0 Å². The highest BCUT2D eigenvalue weighted by atomic mass is 32.2. The topological polar surface area (TPSA) is 74.3 Å². The van der Waals surface area contributed by atoms with Gasteiger partial charge in [-0.2, -0.15) is 0 Å². The first-order chi connectivity index (χ1) is 15.2. The Morgan fingerprint density at radius 2 is 1.87 bits per heavy atom. The highest BCUT2D eigenvalue weighted by Gasteiger charge is 2.16. The third-order valence-corrected chi connectivity index (χ3v) is 6.12. The molecule has 4 rings (SSSR count). The zero-order valence-electron chi connectivity index (χ0n) is 17.1. The van der Waals surface area contributed by atoms with E-state index in [1.807, 2.05) is 60.8 Å². The predicted octanol–water partition coefficient (Wildman–Crippen LogP) is 3.24. The fraction of sp³-hybridized carbons (Fsp3) is 0.208. The summed E-state index contributed by atoms with van der Waals surface area (Å²) in [6, 6.07) is 19.6. The van der Waals surface area contributed by atoms with Crippen molar-refractivity contribution in [1.29, 1.82) is 0 Å². The number of thioether (sulfide) groups is 1. The second-order valence-electron chi connectivity index (χ2n) is 7.29. The Morgan fingerprint density at radius 1 is 1.06 bits per heavy atom. The minimum atomic E-state index is -0.0967. The minimum absolute atomic E-state index is 0.0454. The lowest BCUT2D eigenvalue weighted by Crippen LogP contribution is -2.47. The van der Waals surface area contributed by atoms with E-state index in [0.29, 0.717) is 25.2 Å². The molecule has 0 atom stereocenters. The predicted molar refractivity (Wildman–Crippen MR) is 123 cm³/mol. The van der Waals surface area contributed by atoms with Gasteiger partial charge in [-0.3, -0.25) is 14.6 Å². The van der Waals surface area contributed by atoms with Crippen LogP contribution in [-0.2, 0) is 17.1 Å². The van der Waals surface area contributed by atoms with Crippen molar-refractivity contribution in [1.82, 2.24) is 15.6 Å². The molecule has 3 aromatic rings. The van der Waals surface area contributed by atoms with Crippen LogP contribution in [0.3, 0.4) is 0 Å². The van der Waals surface area contributed by atoms with Gasteiger partial charge in [0.1, 0.15) is 0 Å². The summed E-state index contributed by atoms with van der Waals surface area (Å²) in [6.45, 7) is 2.31. The zero-order valence-corrected chi connectivity index (χ0v) is 17.9. The van der Waals surface area contributed by atoms with Crippen molar-refractivity contribution < 1.29 is 9.59 Å².